The summed E-state index contributed by atoms with van der Waals surface area (Å²) in [6.07, 6.45) is 1.64. The minimum Gasteiger partial charge on any atom is -0.438 e. The van der Waals surface area contributed by atoms with Crippen LogP contribution in [-0.4, -0.2) is 15.5 Å². The van der Waals surface area contributed by atoms with Gasteiger partial charge in [-0.3, -0.25) is 9.59 Å². The summed E-state index contributed by atoms with van der Waals surface area (Å²) in [7, 11) is 1.64. The number of para-hydroxylation sites is 1. The summed E-state index contributed by atoms with van der Waals surface area (Å²) in [6, 6.07) is 12.8. The predicted molar refractivity (Wildman–Crippen MR) is 108 cm³/mol. The number of benzene rings is 1. The normalized spacial score (nSPS) is 10.6. The molecule has 6 heteroatoms. The van der Waals surface area contributed by atoms with Crippen LogP contribution in [0.2, 0.25) is 0 Å². The topological polar surface area (TPSA) is 73.2 Å². The standard InChI is InChI=1S/C22H23N3O3/c1-14-7-5-8-15(2)19(14)28-21-17(9-6-12-23-21)13-24-20(26)18-11-10-16(3)25(4)22(18)27/h5-12H,13H2,1-4H3,(H,24,26). The maximum Gasteiger partial charge on any atom is 0.263 e. The van der Waals surface area contributed by atoms with Crippen LogP contribution < -0.4 is 15.6 Å². The van der Waals surface area contributed by atoms with Crippen LogP contribution in [0.3, 0.4) is 0 Å². The number of carbonyl (C=O) groups excluding carboxylic acids is 1. The van der Waals surface area contributed by atoms with E-state index in [1.165, 1.54) is 4.57 Å². The molecule has 28 heavy (non-hydrogen) atoms. The summed E-state index contributed by atoms with van der Waals surface area (Å²) in [6.45, 7) is 5.96. The van der Waals surface area contributed by atoms with Gasteiger partial charge in [-0.25, -0.2) is 4.98 Å². The van der Waals surface area contributed by atoms with E-state index in [4.69, 9.17) is 4.74 Å². The fraction of sp³-hybridized carbons (Fsp3) is 0.227. The summed E-state index contributed by atoms with van der Waals surface area (Å²) < 4.78 is 7.49. The summed E-state index contributed by atoms with van der Waals surface area (Å²) in [5.41, 5.74) is 3.30. The molecule has 144 valence electrons. The SMILES string of the molecule is Cc1cccc(C)c1Oc1ncccc1CNC(=O)c1ccc(C)n(C)c1=O. The summed E-state index contributed by atoms with van der Waals surface area (Å²) >= 11 is 0. The number of amides is 1. The number of nitrogens with zero attached hydrogens (tertiary/aromatic N) is 2. The summed E-state index contributed by atoms with van der Waals surface area (Å²) in [5, 5.41) is 2.79. The fourth-order valence-electron chi connectivity index (χ4n) is 2.88. The maximum atomic E-state index is 12.5. The molecule has 0 fully saturated rings. The Bertz CT molecular complexity index is 1070. The number of hydrogen-bond acceptors (Lipinski definition) is 4. The van der Waals surface area contributed by atoms with Crippen LogP contribution in [-0.2, 0) is 13.6 Å². The first-order valence-electron chi connectivity index (χ1n) is 9.01. The van der Waals surface area contributed by atoms with Gasteiger partial charge in [-0.15, -0.1) is 0 Å². The van der Waals surface area contributed by atoms with Crippen LogP contribution >= 0.6 is 0 Å². The van der Waals surface area contributed by atoms with E-state index in [0.717, 1.165) is 28.1 Å². The van der Waals surface area contributed by atoms with E-state index in [1.807, 2.05) is 45.0 Å². The van der Waals surface area contributed by atoms with Gasteiger partial charge in [-0.05, 0) is 50.1 Å². The van der Waals surface area contributed by atoms with Crippen LogP contribution in [0.4, 0.5) is 0 Å². The van der Waals surface area contributed by atoms with Gasteiger partial charge < -0.3 is 14.6 Å². The van der Waals surface area contributed by atoms with Crippen molar-refractivity contribution < 1.29 is 9.53 Å². The molecule has 2 heterocycles. The van der Waals surface area contributed by atoms with E-state index < -0.39 is 5.91 Å². The third kappa shape index (κ3) is 3.96. The fourth-order valence-corrected chi connectivity index (χ4v) is 2.88. The Labute approximate surface area is 163 Å². The molecule has 1 N–H and O–H groups in total. The van der Waals surface area contributed by atoms with Crippen LogP contribution in [0.15, 0.2) is 53.5 Å². The number of pyridine rings is 2. The minimum atomic E-state index is -0.428. The second-order valence-electron chi connectivity index (χ2n) is 6.73. The first-order chi connectivity index (χ1) is 13.4. The quantitative estimate of drug-likeness (QED) is 0.739. The third-order valence-corrected chi connectivity index (χ3v) is 4.70. The number of ether oxygens (including phenoxy) is 1. The average molecular weight is 377 g/mol. The molecule has 0 saturated carbocycles. The van der Waals surface area contributed by atoms with Crippen molar-refractivity contribution in [3.05, 3.63) is 87.0 Å². The highest BCUT2D eigenvalue weighted by Gasteiger charge is 2.14. The Hall–Kier alpha value is -3.41. The van der Waals surface area contributed by atoms with Crippen molar-refractivity contribution in [2.75, 3.05) is 0 Å². The molecule has 0 aliphatic carbocycles. The largest absolute Gasteiger partial charge is 0.438 e. The highest BCUT2D eigenvalue weighted by atomic mass is 16.5. The van der Waals surface area contributed by atoms with Crippen molar-refractivity contribution in [1.82, 2.24) is 14.9 Å². The molecule has 0 aliphatic heterocycles. The molecule has 1 amide bonds. The number of aromatic nitrogens is 2. The van der Waals surface area contributed by atoms with Crippen LogP contribution in [0.5, 0.6) is 11.6 Å². The molecule has 6 nitrogen and oxygen atoms in total. The molecule has 0 spiro atoms. The summed E-state index contributed by atoms with van der Waals surface area (Å²) in [5.74, 6) is 0.751. The van der Waals surface area contributed by atoms with E-state index in [1.54, 1.807) is 31.4 Å². The lowest BCUT2D eigenvalue weighted by Gasteiger charge is -2.14. The van der Waals surface area contributed by atoms with Crippen LogP contribution in [0, 0.1) is 20.8 Å². The van der Waals surface area contributed by atoms with E-state index in [9.17, 15) is 9.59 Å². The van der Waals surface area contributed by atoms with Gasteiger partial charge in [0.05, 0.1) is 0 Å². The molecule has 0 aliphatic rings. The van der Waals surface area contributed by atoms with Gasteiger partial charge in [0.25, 0.3) is 11.5 Å². The van der Waals surface area contributed by atoms with Crippen molar-refractivity contribution in [3.63, 3.8) is 0 Å². The zero-order valence-electron chi connectivity index (χ0n) is 16.4. The predicted octanol–water partition coefficient (Wildman–Crippen LogP) is 3.43. The lowest BCUT2D eigenvalue weighted by atomic mass is 10.1. The minimum absolute atomic E-state index is 0.106. The monoisotopic (exact) mass is 377 g/mol. The van der Waals surface area contributed by atoms with Crippen molar-refractivity contribution in [2.24, 2.45) is 7.05 Å². The maximum absolute atomic E-state index is 12.5. The van der Waals surface area contributed by atoms with Crippen LogP contribution in [0.25, 0.3) is 0 Å². The van der Waals surface area contributed by atoms with Gasteiger partial charge in [0, 0.05) is 31.0 Å². The number of carbonyl (C=O) groups is 1. The number of hydrogen-bond donors (Lipinski definition) is 1. The molecular weight excluding hydrogens is 354 g/mol. The Morgan fingerprint density at radius 2 is 1.79 bits per heavy atom. The molecule has 2 aromatic heterocycles. The number of rotatable bonds is 5. The summed E-state index contributed by atoms with van der Waals surface area (Å²) in [4.78, 5) is 29.1. The third-order valence-electron chi connectivity index (χ3n) is 4.70. The van der Waals surface area contributed by atoms with Crippen molar-refractivity contribution in [2.45, 2.75) is 27.3 Å². The molecule has 3 aromatic rings. The second-order valence-corrected chi connectivity index (χ2v) is 6.73. The van der Waals surface area contributed by atoms with E-state index in [-0.39, 0.29) is 17.7 Å². The van der Waals surface area contributed by atoms with Crippen LogP contribution in [0.1, 0.15) is 32.7 Å². The zero-order chi connectivity index (χ0) is 20.3. The highest BCUT2D eigenvalue weighted by molar-refractivity contribution is 5.93. The lowest BCUT2D eigenvalue weighted by molar-refractivity contribution is 0.0948. The number of aryl methyl sites for hydroxylation is 3. The smallest absolute Gasteiger partial charge is 0.263 e. The molecule has 0 atom stereocenters. The van der Waals surface area contributed by atoms with E-state index in [2.05, 4.69) is 10.3 Å². The molecule has 0 unspecified atom stereocenters. The average Bonchev–Trinajstić information content (AvgIpc) is 2.68. The molecule has 0 saturated heterocycles. The van der Waals surface area contributed by atoms with Crippen molar-refractivity contribution in [3.8, 4) is 11.6 Å². The highest BCUT2D eigenvalue weighted by Crippen LogP contribution is 2.29. The van der Waals surface area contributed by atoms with Gasteiger partial charge in [-0.2, -0.15) is 0 Å². The molecule has 0 radical (unpaired) electrons. The zero-order valence-corrected chi connectivity index (χ0v) is 16.4. The van der Waals surface area contributed by atoms with Gasteiger partial charge in [0.1, 0.15) is 11.3 Å². The molecule has 1 aromatic carbocycles. The molecule has 3 rings (SSSR count). The number of nitrogens with one attached hydrogen (secondary N) is 1. The van der Waals surface area contributed by atoms with Gasteiger partial charge in [0.2, 0.25) is 5.88 Å². The van der Waals surface area contributed by atoms with E-state index in [0.29, 0.717) is 5.88 Å². The Morgan fingerprint density at radius 1 is 1.07 bits per heavy atom. The van der Waals surface area contributed by atoms with Crippen molar-refractivity contribution >= 4 is 5.91 Å². The Kier molecular flexibility index (Phi) is 5.59. The Morgan fingerprint density at radius 3 is 2.50 bits per heavy atom. The molecular formula is C22H23N3O3. The van der Waals surface area contributed by atoms with Crippen molar-refractivity contribution in [1.29, 1.82) is 0 Å². The van der Waals surface area contributed by atoms with Gasteiger partial charge >= 0.3 is 0 Å². The second kappa shape index (κ2) is 8.08. The van der Waals surface area contributed by atoms with Gasteiger partial charge in [0.15, 0.2) is 0 Å². The first kappa shape index (κ1) is 19.4. The van der Waals surface area contributed by atoms with Gasteiger partial charge in [-0.1, -0.05) is 24.3 Å². The first-order valence-corrected chi connectivity index (χ1v) is 9.01. The Balaban J connectivity index is 1.80. The van der Waals surface area contributed by atoms with E-state index >= 15 is 0 Å². The lowest BCUT2D eigenvalue weighted by Crippen LogP contribution is -2.32. The molecule has 0 bridgehead atoms.